The molecular weight excluding hydrogens is 294 g/mol. The zero-order valence-corrected chi connectivity index (χ0v) is 13.3. The number of carbonyl (C=O) groups is 2. The summed E-state index contributed by atoms with van der Waals surface area (Å²) in [4.78, 5) is 28.7. The van der Waals surface area contributed by atoms with E-state index in [1.165, 1.54) is 6.26 Å². The molecule has 0 bridgehead atoms. The Labute approximate surface area is 135 Å². The fourth-order valence-electron chi connectivity index (χ4n) is 4.08. The number of furan rings is 1. The molecule has 23 heavy (non-hydrogen) atoms. The molecule has 1 aromatic rings. The van der Waals surface area contributed by atoms with Crippen molar-refractivity contribution in [2.45, 2.75) is 19.3 Å². The molecule has 2 aliphatic heterocycles. The molecule has 6 nitrogen and oxygen atoms in total. The normalized spacial score (nSPS) is 26.3. The van der Waals surface area contributed by atoms with Crippen LogP contribution in [0.15, 0.2) is 22.8 Å². The summed E-state index contributed by atoms with van der Waals surface area (Å²) in [6.45, 7) is 4.52. The molecule has 1 aliphatic carbocycles. The van der Waals surface area contributed by atoms with Crippen LogP contribution in [0.5, 0.6) is 0 Å². The molecule has 3 aliphatic rings. The van der Waals surface area contributed by atoms with Gasteiger partial charge in [0.05, 0.1) is 6.26 Å². The van der Waals surface area contributed by atoms with Crippen molar-refractivity contribution >= 4 is 11.8 Å². The molecule has 1 aromatic heterocycles. The Hall–Kier alpha value is -1.82. The third-order valence-corrected chi connectivity index (χ3v) is 5.70. The number of piperazine rings is 1. The lowest BCUT2D eigenvalue weighted by atomic mass is 9.91. The fraction of sp³-hybridized carbons (Fsp3) is 0.647. The molecule has 0 radical (unpaired) electrons. The zero-order chi connectivity index (χ0) is 15.9. The molecule has 124 valence electrons. The topological polar surface area (TPSA) is 65.8 Å². The minimum Gasteiger partial charge on any atom is -0.459 e. The number of piperidine rings is 1. The third-order valence-electron chi connectivity index (χ3n) is 5.70. The first-order valence-corrected chi connectivity index (χ1v) is 8.52. The molecule has 3 heterocycles. The maximum absolute atomic E-state index is 12.7. The highest BCUT2D eigenvalue weighted by molar-refractivity contribution is 5.91. The van der Waals surface area contributed by atoms with Crippen molar-refractivity contribution in [3.8, 4) is 0 Å². The Morgan fingerprint density at radius 2 is 1.83 bits per heavy atom. The molecule has 3 fully saturated rings. The predicted molar refractivity (Wildman–Crippen MR) is 83.8 cm³/mol. The van der Waals surface area contributed by atoms with Gasteiger partial charge >= 0.3 is 0 Å². The summed E-state index contributed by atoms with van der Waals surface area (Å²) >= 11 is 0. The lowest BCUT2D eigenvalue weighted by molar-refractivity contribution is -0.135. The van der Waals surface area contributed by atoms with Gasteiger partial charge in [0.1, 0.15) is 0 Å². The Morgan fingerprint density at radius 3 is 2.48 bits per heavy atom. The van der Waals surface area contributed by atoms with E-state index < -0.39 is 0 Å². The molecular formula is C17H23N3O3. The average molecular weight is 317 g/mol. The first-order chi connectivity index (χ1) is 11.2. The molecule has 2 saturated heterocycles. The number of amides is 2. The van der Waals surface area contributed by atoms with E-state index in [0.29, 0.717) is 37.8 Å². The molecule has 0 aromatic carbocycles. The lowest BCUT2D eigenvalue weighted by Crippen LogP contribution is -2.51. The monoisotopic (exact) mass is 317 g/mol. The van der Waals surface area contributed by atoms with Gasteiger partial charge in [-0.3, -0.25) is 9.59 Å². The molecule has 1 N–H and O–H groups in total. The Kier molecular flexibility index (Phi) is 3.64. The van der Waals surface area contributed by atoms with Crippen LogP contribution in [0.4, 0.5) is 0 Å². The molecule has 1 unspecified atom stereocenters. The summed E-state index contributed by atoms with van der Waals surface area (Å²) in [5, 5.41) is 3.37. The smallest absolute Gasteiger partial charge is 0.289 e. The SMILES string of the molecule is O=C(c1ccco1)N1CCN(C(=O)C2CC23CCNCC3)CC1. The van der Waals surface area contributed by atoms with E-state index in [1.807, 2.05) is 4.90 Å². The van der Waals surface area contributed by atoms with Gasteiger partial charge in [-0.15, -0.1) is 0 Å². The van der Waals surface area contributed by atoms with E-state index in [9.17, 15) is 9.59 Å². The number of nitrogens with one attached hydrogen (secondary N) is 1. The molecule has 1 saturated carbocycles. The van der Waals surface area contributed by atoms with Crippen LogP contribution in [-0.4, -0.2) is 60.9 Å². The highest BCUT2D eigenvalue weighted by Gasteiger charge is 2.58. The number of hydrogen-bond donors (Lipinski definition) is 1. The second kappa shape index (κ2) is 5.67. The highest BCUT2D eigenvalue weighted by atomic mass is 16.3. The van der Waals surface area contributed by atoms with Crippen LogP contribution in [-0.2, 0) is 4.79 Å². The summed E-state index contributed by atoms with van der Waals surface area (Å²) in [5.41, 5.74) is 0.281. The van der Waals surface area contributed by atoms with Gasteiger partial charge < -0.3 is 19.5 Å². The van der Waals surface area contributed by atoms with Crippen LogP contribution in [0, 0.1) is 11.3 Å². The second-order valence-electron chi connectivity index (χ2n) is 6.96. The largest absolute Gasteiger partial charge is 0.459 e. The number of carbonyl (C=O) groups excluding carboxylic acids is 2. The van der Waals surface area contributed by atoms with Gasteiger partial charge in [-0.05, 0) is 49.9 Å². The number of hydrogen-bond acceptors (Lipinski definition) is 4. The van der Waals surface area contributed by atoms with Crippen molar-refractivity contribution in [2.75, 3.05) is 39.3 Å². The van der Waals surface area contributed by atoms with Gasteiger partial charge in [0.15, 0.2) is 5.76 Å². The Balaban J connectivity index is 1.31. The quantitative estimate of drug-likeness (QED) is 0.882. The van der Waals surface area contributed by atoms with Crippen LogP contribution >= 0.6 is 0 Å². The number of nitrogens with zero attached hydrogens (tertiary/aromatic N) is 2. The number of rotatable bonds is 2. The van der Waals surface area contributed by atoms with Gasteiger partial charge in [0, 0.05) is 32.1 Å². The van der Waals surface area contributed by atoms with Crippen molar-refractivity contribution in [1.29, 1.82) is 0 Å². The van der Waals surface area contributed by atoms with Crippen LogP contribution in [0.1, 0.15) is 29.8 Å². The van der Waals surface area contributed by atoms with Crippen molar-refractivity contribution in [3.05, 3.63) is 24.2 Å². The maximum Gasteiger partial charge on any atom is 0.289 e. The van der Waals surface area contributed by atoms with Crippen molar-refractivity contribution < 1.29 is 14.0 Å². The molecule has 4 rings (SSSR count). The minimum absolute atomic E-state index is 0.0802. The average Bonchev–Trinajstić information content (AvgIpc) is 3.02. The van der Waals surface area contributed by atoms with E-state index in [-0.39, 0.29) is 17.2 Å². The fourth-order valence-corrected chi connectivity index (χ4v) is 4.08. The van der Waals surface area contributed by atoms with Gasteiger partial charge in [-0.2, -0.15) is 0 Å². The van der Waals surface area contributed by atoms with Gasteiger partial charge in [-0.1, -0.05) is 0 Å². The van der Waals surface area contributed by atoms with E-state index in [2.05, 4.69) is 5.32 Å². The van der Waals surface area contributed by atoms with E-state index >= 15 is 0 Å². The first-order valence-electron chi connectivity index (χ1n) is 8.52. The summed E-state index contributed by atoms with van der Waals surface area (Å²) in [7, 11) is 0. The van der Waals surface area contributed by atoms with Crippen LogP contribution in [0.25, 0.3) is 0 Å². The summed E-state index contributed by atoms with van der Waals surface area (Å²) in [6, 6.07) is 3.41. The van der Waals surface area contributed by atoms with Gasteiger partial charge in [0.2, 0.25) is 5.91 Å². The standard InChI is InChI=1S/C17H23N3O3/c21-15(13-12-17(13)3-5-18-6-4-17)19-7-9-20(10-8-19)16(22)14-2-1-11-23-14/h1-2,11,13,18H,3-10,12H2. The molecule has 2 amide bonds. The molecule has 6 heteroatoms. The highest BCUT2D eigenvalue weighted by Crippen LogP contribution is 2.59. The second-order valence-corrected chi connectivity index (χ2v) is 6.96. The van der Waals surface area contributed by atoms with E-state index in [4.69, 9.17) is 4.42 Å². The summed E-state index contributed by atoms with van der Waals surface area (Å²) in [5.74, 6) is 0.817. The minimum atomic E-state index is -0.0802. The van der Waals surface area contributed by atoms with Crippen LogP contribution in [0.3, 0.4) is 0 Å². The van der Waals surface area contributed by atoms with E-state index in [0.717, 1.165) is 32.4 Å². The Morgan fingerprint density at radius 1 is 1.13 bits per heavy atom. The maximum atomic E-state index is 12.7. The van der Waals surface area contributed by atoms with Crippen molar-refractivity contribution in [3.63, 3.8) is 0 Å². The molecule has 1 spiro atoms. The predicted octanol–water partition coefficient (Wildman–Crippen LogP) is 0.954. The summed E-state index contributed by atoms with van der Waals surface area (Å²) < 4.78 is 5.17. The lowest BCUT2D eigenvalue weighted by Gasteiger charge is -2.35. The van der Waals surface area contributed by atoms with Crippen molar-refractivity contribution in [2.24, 2.45) is 11.3 Å². The van der Waals surface area contributed by atoms with E-state index in [1.54, 1.807) is 17.0 Å². The summed E-state index contributed by atoms with van der Waals surface area (Å²) in [6.07, 6.45) is 4.82. The van der Waals surface area contributed by atoms with Crippen LogP contribution < -0.4 is 5.32 Å². The van der Waals surface area contributed by atoms with Gasteiger partial charge in [-0.25, -0.2) is 0 Å². The van der Waals surface area contributed by atoms with Crippen LogP contribution in [0.2, 0.25) is 0 Å². The molecule has 1 atom stereocenters. The first kappa shape index (κ1) is 14.8. The van der Waals surface area contributed by atoms with Gasteiger partial charge in [0.25, 0.3) is 5.91 Å². The Bertz CT molecular complexity index is 584. The van der Waals surface area contributed by atoms with Crippen molar-refractivity contribution in [1.82, 2.24) is 15.1 Å². The zero-order valence-electron chi connectivity index (χ0n) is 13.3. The third kappa shape index (κ3) is 2.65.